The van der Waals surface area contributed by atoms with Crippen molar-refractivity contribution in [3.63, 3.8) is 0 Å². The molecule has 0 fully saturated rings. The third-order valence-electron chi connectivity index (χ3n) is 3.20. The van der Waals surface area contributed by atoms with Gasteiger partial charge in [0.25, 0.3) is 0 Å². The molecule has 0 unspecified atom stereocenters. The SMILES string of the molecule is Nc1cccc(Nc2cccc3cnccc23)c1[N+](=O)[O-]. The fourth-order valence-corrected chi connectivity index (χ4v) is 2.24. The van der Waals surface area contributed by atoms with Crippen molar-refractivity contribution < 1.29 is 4.92 Å². The lowest BCUT2D eigenvalue weighted by Gasteiger charge is -2.10. The van der Waals surface area contributed by atoms with Crippen molar-refractivity contribution in [1.29, 1.82) is 0 Å². The average Bonchev–Trinajstić information content (AvgIpc) is 2.47. The molecule has 3 N–H and O–H groups in total. The van der Waals surface area contributed by atoms with Crippen LogP contribution in [0.4, 0.5) is 22.7 Å². The number of fused-ring (bicyclic) bond motifs is 1. The van der Waals surface area contributed by atoms with Crippen LogP contribution in [0, 0.1) is 10.1 Å². The first-order chi connectivity index (χ1) is 10.2. The molecule has 3 rings (SSSR count). The molecule has 0 spiro atoms. The molecule has 3 aromatic rings. The monoisotopic (exact) mass is 280 g/mol. The van der Waals surface area contributed by atoms with Crippen molar-refractivity contribution in [1.82, 2.24) is 4.98 Å². The fraction of sp³-hybridized carbons (Fsp3) is 0. The molecular weight excluding hydrogens is 268 g/mol. The molecule has 0 saturated carbocycles. The number of nitrogens with two attached hydrogens (primary N) is 1. The van der Waals surface area contributed by atoms with Gasteiger partial charge in [0.15, 0.2) is 0 Å². The standard InChI is InChI=1S/C15H12N4O2/c16-12-4-2-6-14(15(12)19(20)21)18-13-5-1-3-10-9-17-8-7-11(10)13/h1-9,18H,16H2. The second-order valence-corrected chi connectivity index (χ2v) is 4.53. The van der Waals surface area contributed by atoms with Crippen molar-refractivity contribution in [2.24, 2.45) is 0 Å². The van der Waals surface area contributed by atoms with E-state index in [-0.39, 0.29) is 11.4 Å². The van der Waals surface area contributed by atoms with Gasteiger partial charge in [0.05, 0.1) is 4.92 Å². The molecule has 0 aliphatic heterocycles. The summed E-state index contributed by atoms with van der Waals surface area (Å²) in [5.41, 5.74) is 6.84. The third kappa shape index (κ3) is 2.34. The first-order valence-corrected chi connectivity index (χ1v) is 6.29. The zero-order chi connectivity index (χ0) is 14.8. The van der Waals surface area contributed by atoms with Gasteiger partial charge in [0.2, 0.25) is 0 Å². The molecule has 0 aliphatic carbocycles. The van der Waals surface area contributed by atoms with Gasteiger partial charge in [0.1, 0.15) is 11.4 Å². The Kier molecular flexibility index (Phi) is 3.12. The minimum absolute atomic E-state index is 0.122. The van der Waals surface area contributed by atoms with E-state index in [0.717, 1.165) is 16.5 Å². The van der Waals surface area contributed by atoms with Crippen LogP contribution < -0.4 is 11.1 Å². The van der Waals surface area contributed by atoms with Crippen molar-refractivity contribution in [2.75, 3.05) is 11.1 Å². The Bertz CT molecular complexity index is 828. The quantitative estimate of drug-likeness (QED) is 0.435. The number of rotatable bonds is 3. The van der Waals surface area contributed by atoms with Gasteiger partial charge in [-0.3, -0.25) is 15.1 Å². The van der Waals surface area contributed by atoms with Crippen LogP contribution in [0.5, 0.6) is 0 Å². The van der Waals surface area contributed by atoms with Crippen LogP contribution in [-0.4, -0.2) is 9.91 Å². The van der Waals surface area contributed by atoms with E-state index in [1.807, 2.05) is 24.3 Å². The summed E-state index contributed by atoms with van der Waals surface area (Å²) in [7, 11) is 0. The maximum absolute atomic E-state index is 11.2. The van der Waals surface area contributed by atoms with E-state index in [4.69, 9.17) is 5.73 Å². The smallest absolute Gasteiger partial charge is 0.315 e. The van der Waals surface area contributed by atoms with Crippen molar-refractivity contribution in [3.05, 3.63) is 65.0 Å². The number of pyridine rings is 1. The predicted molar refractivity (Wildman–Crippen MR) is 82.5 cm³/mol. The molecule has 1 aromatic heterocycles. The van der Waals surface area contributed by atoms with Gasteiger partial charge in [-0.25, -0.2) is 0 Å². The lowest BCUT2D eigenvalue weighted by Crippen LogP contribution is -2.01. The molecule has 0 bridgehead atoms. The predicted octanol–water partition coefficient (Wildman–Crippen LogP) is 3.47. The lowest BCUT2D eigenvalue weighted by molar-refractivity contribution is -0.383. The van der Waals surface area contributed by atoms with E-state index in [2.05, 4.69) is 10.3 Å². The van der Waals surface area contributed by atoms with Crippen LogP contribution in [0.15, 0.2) is 54.9 Å². The Balaban J connectivity index is 2.12. The maximum atomic E-state index is 11.2. The highest BCUT2D eigenvalue weighted by Crippen LogP contribution is 2.34. The van der Waals surface area contributed by atoms with Crippen molar-refractivity contribution in [3.8, 4) is 0 Å². The van der Waals surface area contributed by atoms with Crippen LogP contribution in [0.3, 0.4) is 0 Å². The first kappa shape index (κ1) is 12.9. The summed E-state index contributed by atoms with van der Waals surface area (Å²) in [5, 5.41) is 16.1. The topological polar surface area (TPSA) is 94.1 Å². The van der Waals surface area contributed by atoms with Gasteiger partial charge < -0.3 is 11.1 Å². The number of hydrogen-bond acceptors (Lipinski definition) is 5. The highest BCUT2D eigenvalue weighted by molar-refractivity contribution is 5.96. The molecule has 0 aliphatic rings. The molecule has 2 aromatic carbocycles. The molecule has 0 saturated heterocycles. The maximum Gasteiger partial charge on any atom is 0.315 e. The number of nitrogens with one attached hydrogen (secondary N) is 1. The lowest BCUT2D eigenvalue weighted by atomic mass is 10.1. The van der Waals surface area contributed by atoms with E-state index >= 15 is 0 Å². The fourth-order valence-electron chi connectivity index (χ4n) is 2.24. The number of para-hydroxylation sites is 1. The second-order valence-electron chi connectivity index (χ2n) is 4.53. The van der Waals surface area contributed by atoms with Crippen LogP contribution >= 0.6 is 0 Å². The number of nitro groups is 1. The normalized spacial score (nSPS) is 10.5. The molecule has 0 atom stereocenters. The zero-order valence-electron chi connectivity index (χ0n) is 11.0. The highest BCUT2D eigenvalue weighted by Gasteiger charge is 2.18. The van der Waals surface area contributed by atoms with Crippen LogP contribution in [0.25, 0.3) is 10.8 Å². The molecular formula is C15H12N4O2. The minimum Gasteiger partial charge on any atom is -0.393 e. The summed E-state index contributed by atoms with van der Waals surface area (Å²) in [5.74, 6) is 0. The molecule has 6 nitrogen and oxygen atoms in total. The van der Waals surface area contributed by atoms with Crippen molar-refractivity contribution in [2.45, 2.75) is 0 Å². The van der Waals surface area contributed by atoms with Gasteiger partial charge in [-0.2, -0.15) is 0 Å². The van der Waals surface area contributed by atoms with Gasteiger partial charge in [-0.05, 0) is 24.3 Å². The van der Waals surface area contributed by atoms with Crippen molar-refractivity contribution >= 4 is 33.5 Å². The first-order valence-electron chi connectivity index (χ1n) is 6.29. The molecule has 21 heavy (non-hydrogen) atoms. The Hall–Kier alpha value is -3.15. The molecule has 0 radical (unpaired) electrons. The Morgan fingerprint density at radius 3 is 2.67 bits per heavy atom. The van der Waals surface area contributed by atoms with Gasteiger partial charge in [-0.15, -0.1) is 0 Å². The second kappa shape index (κ2) is 5.09. The number of nitro benzene ring substituents is 1. The molecule has 0 amide bonds. The molecule has 6 heteroatoms. The number of aromatic nitrogens is 1. The number of anilines is 3. The summed E-state index contributed by atoms with van der Waals surface area (Å²) in [6.45, 7) is 0. The van der Waals surface area contributed by atoms with Gasteiger partial charge in [0, 0.05) is 28.9 Å². The van der Waals surface area contributed by atoms with E-state index in [1.165, 1.54) is 6.07 Å². The number of nitrogen functional groups attached to an aromatic ring is 1. The van der Waals surface area contributed by atoms with E-state index in [9.17, 15) is 10.1 Å². The Morgan fingerprint density at radius 1 is 1.10 bits per heavy atom. The molecule has 1 heterocycles. The summed E-state index contributed by atoms with van der Waals surface area (Å²) in [6.07, 6.45) is 3.43. The Morgan fingerprint density at radius 2 is 1.86 bits per heavy atom. The molecule has 104 valence electrons. The average molecular weight is 280 g/mol. The summed E-state index contributed by atoms with van der Waals surface area (Å²) < 4.78 is 0. The minimum atomic E-state index is -0.482. The van der Waals surface area contributed by atoms with Gasteiger partial charge in [-0.1, -0.05) is 18.2 Å². The van der Waals surface area contributed by atoms with Crippen LogP contribution in [-0.2, 0) is 0 Å². The third-order valence-corrected chi connectivity index (χ3v) is 3.20. The number of nitrogens with zero attached hydrogens (tertiary/aromatic N) is 2. The summed E-state index contributed by atoms with van der Waals surface area (Å²) in [6, 6.07) is 12.3. The van der Waals surface area contributed by atoms with E-state index in [0.29, 0.717) is 5.69 Å². The highest BCUT2D eigenvalue weighted by atomic mass is 16.6. The summed E-state index contributed by atoms with van der Waals surface area (Å²) in [4.78, 5) is 14.8. The number of benzene rings is 2. The van der Waals surface area contributed by atoms with E-state index in [1.54, 1.807) is 24.5 Å². The zero-order valence-corrected chi connectivity index (χ0v) is 11.0. The Labute approximate surface area is 120 Å². The number of hydrogen-bond donors (Lipinski definition) is 2. The van der Waals surface area contributed by atoms with Gasteiger partial charge >= 0.3 is 5.69 Å². The van der Waals surface area contributed by atoms with E-state index < -0.39 is 4.92 Å². The summed E-state index contributed by atoms with van der Waals surface area (Å²) >= 11 is 0. The van der Waals surface area contributed by atoms with Crippen LogP contribution in [0.2, 0.25) is 0 Å². The largest absolute Gasteiger partial charge is 0.393 e. The van der Waals surface area contributed by atoms with Crippen LogP contribution in [0.1, 0.15) is 0 Å².